The lowest BCUT2D eigenvalue weighted by Gasteiger charge is -2.49. The summed E-state index contributed by atoms with van der Waals surface area (Å²) in [7, 11) is 0. The molecule has 2 heterocycles. The maximum Gasteiger partial charge on any atom is 0.306 e. The molecule has 0 amide bonds. The number of hydroxylamine groups is 2. The zero-order valence-electron chi connectivity index (χ0n) is 14.0. The number of ether oxygens (including phenoxy) is 1. The monoisotopic (exact) mass is 307 g/mol. The van der Waals surface area contributed by atoms with Crippen LogP contribution < -0.4 is 0 Å². The molecule has 5 heteroatoms. The maximum atomic E-state index is 12.3. The Bertz CT molecular complexity index is 476. The summed E-state index contributed by atoms with van der Waals surface area (Å²) in [6.07, 6.45) is 6.15. The van der Waals surface area contributed by atoms with E-state index in [2.05, 4.69) is 4.57 Å². The van der Waals surface area contributed by atoms with Crippen LogP contribution in [0.25, 0.3) is 0 Å². The van der Waals surface area contributed by atoms with Gasteiger partial charge in [0.05, 0.1) is 0 Å². The number of esters is 1. The first kappa shape index (κ1) is 17.0. The van der Waals surface area contributed by atoms with Crippen LogP contribution in [0, 0.1) is 0 Å². The van der Waals surface area contributed by atoms with E-state index in [9.17, 15) is 10.0 Å². The van der Waals surface area contributed by atoms with Crippen LogP contribution in [-0.4, -0.2) is 32.8 Å². The largest absolute Gasteiger partial charge is 0.462 e. The fourth-order valence-electron chi connectivity index (χ4n) is 3.43. The number of carbonyl (C=O) groups excluding carboxylic acids is 1. The van der Waals surface area contributed by atoms with Gasteiger partial charge in [-0.05, 0) is 46.2 Å². The molecule has 5 nitrogen and oxygen atoms in total. The minimum atomic E-state index is -0.502. The molecule has 1 aliphatic heterocycles. The zero-order valence-corrected chi connectivity index (χ0v) is 14.0. The molecule has 22 heavy (non-hydrogen) atoms. The molecule has 1 fully saturated rings. The number of aryl methyl sites for hydroxylation is 1. The second-order valence-electron chi connectivity index (χ2n) is 7.46. The van der Waals surface area contributed by atoms with Gasteiger partial charge in [-0.2, -0.15) is 0 Å². The molecule has 1 aromatic heterocycles. The molecule has 0 atom stereocenters. The summed E-state index contributed by atoms with van der Waals surface area (Å²) in [4.78, 5) is 12.0. The Labute approximate surface area is 132 Å². The first-order valence-corrected chi connectivity index (χ1v) is 7.98. The first-order chi connectivity index (χ1) is 10.2. The van der Waals surface area contributed by atoms with Crippen molar-refractivity contribution in [1.29, 1.82) is 0 Å². The molecule has 0 unspecified atom stereocenters. The quantitative estimate of drug-likeness (QED) is 0.785. The van der Waals surface area contributed by atoms with Crippen molar-refractivity contribution in [2.45, 2.75) is 77.1 Å². The van der Waals surface area contributed by atoms with E-state index >= 15 is 0 Å². The Balaban J connectivity index is 1.81. The summed E-state index contributed by atoms with van der Waals surface area (Å²) in [5.41, 5.74) is -1.00. The fourth-order valence-corrected chi connectivity index (χ4v) is 3.43. The minimum Gasteiger partial charge on any atom is -0.462 e. The Morgan fingerprint density at radius 1 is 1.14 bits per heavy atom. The Kier molecular flexibility index (Phi) is 4.97. The van der Waals surface area contributed by atoms with Gasteiger partial charge in [0.1, 0.15) is 6.10 Å². The summed E-state index contributed by atoms with van der Waals surface area (Å²) >= 11 is 0. The van der Waals surface area contributed by atoms with E-state index in [-0.39, 0.29) is 12.1 Å². The van der Waals surface area contributed by atoms with Gasteiger partial charge in [-0.25, -0.2) is 0 Å². The number of carbonyl (C=O) groups is 1. The van der Waals surface area contributed by atoms with E-state index in [1.54, 1.807) is 0 Å². The van der Waals surface area contributed by atoms with Gasteiger partial charge in [0.2, 0.25) is 0 Å². The molecule has 1 radical (unpaired) electrons. The van der Waals surface area contributed by atoms with Crippen molar-refractivity contribution in [3.05, 3.63) is 24.5 Å². The average Bonchev–Trinajstić information content (AvgIpc) is 2.88. The summed E-state index contributed by atoms with van der Waals surface area (Å²) in [6.45, 7) is 8.46. The van der Waals surface area contributed by atoms with Crippen LogP contribution in [-0.2, 0) is 21.3 Å². The van der Waals surface area contributed by atoms with Crippen LogP contribution in [0.15, 0.2) is 24.5 Å². The molecule has 0 saturated carbocycles. The van der Waals surface area contributed by atoms with Gasteiger partial charge in [-0.15, -0.1) is 10.3 Å². The minimum absolute atomic E-state index is 0.164. The van der Waals surface area contributed by atoms with E-state index in [1.165, 1.54) is 0 Å². The smallest absolute Gasteiger partial charge is 0.306 e. The number of aromatic nitrogens is 1. The number of piperidine rings is 1. The number of nitrogens with zero attached hydrogens (tertiary/aromatic N) is 2. The highest BCUT2D eigenvalue weighted by Crippen LogP contribution is 2.38. The molecule has 0 bridgehead atoms. The van der Waals surface area contributed by atoms with E-state index < -0.39 is 11.1 Å². The molecule has 123 valence electrons. The zero-order chi connectivity index (χ0) is 16.4. The molecular formula is C17H27N2O3. The summed E-state index contributed by atoms with van der Waals surface area (Å²) in [5.74, 6) is -0.164. The molecule has 1 aliphatic rings. The molecule has 0 aromatic carbocycles. The summed E-state index contributed by atoms with van der Waals surface area (Å²) < 4.78 is 7.67. The van der Waals surface area contributed by atoms with E-state index in [0.717, 1.165) is 18.0 Å². The summed E-state index contributed by atoms with van der Waals surface area (Å²) in [5, 5.41) is 13.4. The third-order valence-electron chi connectivity index (χ3n) is 4.32. The van der Waals surface area contributed by atoms with E-state index in [4.69, 9.17) is 4.74 Å². The highest BCUT2D eigenvalue weighted by molar-refractivity contribution is 5.69. The highest BCUT2D eigenvalue weighted by atomic mass is 16.5. The van der Waals surface area contributed by atoms with Crippen molar-refractivity contribution < 1.29 is 14.7 Å². The van der Waals surface area contributed by atoms with Gasteiger partial charge in [0, 0.05) is 49.3 Å². The lowest BCUT2D eigenvalue weighted by atomic mass is 9.80. The van der Waals surface area contributed by atoms with Crippen molar-refractivity contribution >= 4 is 5.97 Å². The van der Waals surface area contributed by atoms with Crippen molar-refractivity contribution in [3.63, 3.8) is 0 Å². The predicted octanol–water partition coefficient (Wildman–Crippen LogP) is 3.18. The number of hydrogen-bond donors (Lipinski definition) is 0. The molecule has 0 spiro atoms. The molecule has 0 N–H and O–H groups in total. The average molecular weight is 307 g/mol. The lowest BCUT2D eigenvalue weighted by Crippen LogP contribution is -2.60. The third kappa shape index (κ3) is 4.11. The van der Waals surface area contributed by atoms with Crippen LogP contribution in [0.2, 0.25) is 0 Å². The number of rotatable bonds is 5. The molecule has 2 rings (SSSR count). The van der Waals surface area contributed by atoms with Gasteiger partial charge in [-0.1, -0.05) is 0 Å². The van der Waals surface area contributed by atoms with E-state index in [0.29, 0.717) is 19.3 Å². The molecule has 1 saturated heterocycles. The van der Waals surface area contributed by atoms with Crippen LogP contribution >= 0.6 is 0 Å². The van der Waals surface area contributed by atoms with Crippen molar-refractivity contribution in [2.24, 2.45) is 0 Å². The second-order valence-corrected chi connectivity index (χ2v) is 7.46. The summed E-state index contributed by atoms with van der Waals surface area (Å²) in [6, 6.07) is 3.94. The Morgan fingerprint density at radius 3 is 2.23 bits per heavy atom. The molecule has 0 aliphatic carbocycles. The topological polar surface area (TPSA) is 54.4 Å². The lowest BCUT2D eigenvalue weighted by molar-refractivity contribution is -0.299. The third-order valence-corrected chi connectivity index (χ3v) is 4.32. The Hall–Kier alpha value is -1.33. The van der Waals surface area contributed by atoms with Gasteiger partial charge in [0.25, 0.3) is 0 Å². The second kappa shape index (κ2) is 6.42. The van der Waals surface area contributed by atoms with Crippen LogP contribution in [0.5, 0.6) is 0 Å². The SMILES string of the molecule is CC1(C)CC(OC(=O)CCCn2cccc2)CC(C)(C)N1[O]. The highest BCUT2D eigenvalue weighted by Gasteiger charge is 2.47. The number of hydrogen-bond acceptors (Lipinski definition) is 3. The van der Waals surface area contributed by atoms with Gasteiger partial charge in [0.15, 0.2) is 0 Å². The fraction of sp³-hybridized carbons (Fsp3) is 0.706. The van der Waals surface area contributed by atoms with Crippen LogP contribution in [0.3, 0.4) is 0 Å². The van der Waals surface area contributed by atoms with Gasteiger partial charge >= 0.3 is 5.97 Å². The normalized spacial score (nSPS) is 21.7. The standard InChI is InChI=1S/C17H27N2O3/c1-16(2)12-14(13-17(3,4)19(16)21)22-15(20)8-7-11-18-9-5-6-10-18/h5-6,9-10,14H,7-8,11-13H2,1-4H3. The Morgan fingerprint density at radius 2 is 1.68 bits per heavy atom. The van der Waals surface area contributed by atoms with Crippen LogP contribution in [0.4, 0.5) is 0 Å². The van der Waals surface area contributed by atoms with Gasteiger partial charge in [-0.3, -0.25) is 4.79 Å². The molecular weight excluding hydrogens is 280 g/mol. The van der Waals surface area contributed by atoms with Crippen molar-refractivity contribution in [1.82, 2.24) is 9.63 Å². The predicted molar refractivity (Wildman–Crippen MR) is 83.5 cm³/mol. The van der Waals surface area contributed by atoms with Gasteiger partial charge < -0.3 is 9.30 Å². The maximum absolute atomic E-state index is 12.3. The van der Waals surface area contributed by atoms with Crippen molar-refractivity contribution in [3.8, 4) is 0 Å². The van der Waals surface area contributed by atoms with Crippen LogP contribution in [0.1, 0.15) is 53.4 Å². The molecule has 1 aromatic rings. The van der Waals surface area contributed by atoms with E-state index in [1.807, 2.05) is 52.2 Å². The first-order valence-electron chi connectivity index (χ1n) is 7.98. The van der Waals surface area contributed by atoms with Crippen molar-refractivity contribution in [2.75, 3.05) is 0 Å².